The van der Waals surface area contributed by atoms with Crippen LogP contribution in [0.15, 0.2) is 71.9 Å². The molecule has 0 bridgehead atoms. The molecule has 254 valence electrons. The molecule has 1 aliphatic heterocycles. The molecule has 1 aliphatic rings. The van der Waals surface area contributed by atoms with Gasteiger partial charge in [0.2, 0.25) is 0 Å². The van der Waals surface area contributed by atoms with Crippen LogP contribution >= 0.6 is 0 Å². The topological polar surface area (TPSA) is 138 Å². The Morgan fingerprint density at radius 3 is 2.49 bits per heavy atom. The number of nitrogens with zero attached hydrogens (tertiary/aromatic N) is 3. The van der Waals surface area contributed by atoms with E-state index in [2.05, 4.69) is 9.71 Å². The van der Waals surface area contributed by atoms with Gasteiger partial charge in [-0.15, -0.1) is 0 Å². The van der Waals surface area contributed by atoms with E-state index in [-0.39, 0.29) is 47.2 Å². The molecule has 0 spiro atoms. The first-order valence-electron chi connectivity index (χ1n) is 16.0. The molecule has 2 N–H and O–H groups in total. The van der Waals surface area contributed by atoms with Gasteiger partial charge in [-0.1, -0.05) is 24.6 Å². The maximum Gasteiger partial charge on any atom is 0.261 e. The Bertz CT molecular complexity index is 1600. The van der Waals surface area contributed by atoms with Crippen LogP contribution < -0.4 is 9.46 Å². The number of fused-ring (bicyclic) bond motifs is 1. The number of rotatable bonds is 8. The molecule has 4 rings (SSSR count). The van der Waals surface area contributed by atoms with E-state index in [4.69, 9.17) is 9.47 Å². The number of amides is 2. The second-order valence-electron chi connectivity index (χ2n) is 12.4. The van der Waals surface area contributed by atoms with Gasteiger partial charge < -0.3 is 24.4 Å². The number of carbonyl (C=O) groups is 2. The number of likely N-dealkylation sites (N-methyl/N-ethyl adjacent to an activating group) is 1. The summed E-state index contributed by atoms with van der Waals surface area (Å²) in [5.41, 5.74) is 1.82. The average Bonchev–Trinajstić information content (AvgIpc) is 3.06. The highest BCUT2D eigenvalue weighted by Crippen LogP contribution is 2.29. The summed E-state index contributed by atoms with van der Waals surface area (Å²) in [7, 11) is -2.21. The standard InChI is InChI=1S/C35H46N4O7S/c1-24-9-12-30(13-10-24)47(43,44)37-29-11-14-32-31(20-29)35(42)39(26(3)23-40)21-25(2)33(45-19-7-6-8-27(4)46-32)22-38(5)34(41)28-15-17-36-18-16-28/h9-18,20,25-27,33,37,40H,6-8,19,21-23H2,1-5H3/t25-,26-,27+,33-/m0/s1. The number of sulfonamides is 1. The number of benzene rings is 2. The SMILES string of the molecule is Cc1ccc(S(=O)(=O)Nc2ccc3c(c2)C(=O)N([C@@H](C)CO)C[C@H](C)[C@H](CN(C)C(=O)c2ccncc2)OCCCC[C@@H](C)O3)cc1. The Balaban J connectivity index is 1.66. The van der Waals surface area contributed by atoms with Gasteiger partial charge in [0.1, 0.15) is 5.75 Å². The minimum Gasteiger partial charge on any atom is -0.490 e. The molecule has 0 unspecified atom stereocenters. The van der Waals surface area contributed by atoms with Gasteiger partial charge in [-0.25, -0.2) is 8.42 Å². The molecule has 0 saturated carbocycles. The van der Waals surface area contributed by atoms with Gasteiger partial charge in [-0.05, 0) is 82.5 Å². The minimum atomic E-state index is -3.93. The molecule has 4 atom stereocenters. The second-order valence-corrected chi connectivity index (χ2v) is 14.0. The predicted molar refractivity (Wildman–Crippen MR) is 180 cm³/mol. The molecule has 12 heteroatoms. The van der Waals surface area contributed by atoms with Crippen molar-refractivity contribution in [3.05, 3.63) is 83.7 Å². The van der Waals surface area contributed by atoms with Gasteiger partial charge in [0, 0.05) is 56.3 Å². The molecule has 2 amide bonds. The highest BCUT2D eigenvalue weighted by Gasteiger charge is 2.31. The van der Waals surface area contributed by atoms with Crippen molar-refractivity contribution in [1.82, 2.24) is 14.8 Å². The number of carbonyl (C=O) groups excluding carboxylic acids is 2. The zero-order valence-corrected chi connectivity index (χ0v) is 28.6. The van der Waals surface area contributed by atoms with Gasteiger partial charge >= 0.3 is 0 Å². The zero-order chi connectivity index (χ0) is 34.1. The van der Waals surface area contributed by atoms with Crippen LogP contribution in [0, 0.1) is 12.8 Å². The summed E-state index contributed by atoms with van der Waals surface area (Å²) in [6.07, 6.45) is 4.81. The lowest BCUT2D eigenvalue weighted by Crippen LogP contribution is -2.48. The molecular formula is C35H46N4O7S. The zero-order valence-electron chi connectivity index (χ0n) is 27.8. The summed E-state index contributed by atoms with van der Waals surface area (Å²) in [4.78, 5) is 34.8. The molecule has 11 nitrogen and oxygen atoms in total. The quantitative estimate of drug-likeness (QED) is 0.351. The fourth-order valence-electron chi connectivity index (χ4n) is 5.45. The Morgan fingerprint density at radius 1 is 1.11 bits per heavy atom. The van der Waals surface area contributed by atoms with E-state index in [1.807, 2.05) is 20.8 Å². The molecule has 2 heterocycles. The first kappa shape index (κ1) is 35.8. The Labute approximate surface area is 278 Å². The van der Waals surface area contributed by atoms with Crippen LogP contribution in [0.2, 0.25) is 0 Å². The third-order valence-corrected chi connectivity index (χ3v) is 9.76. The maximum atomic E-state index is 14.4. The summed E-state index contributed by atoms with van der Waals surface area (Å²) >= 11 is 0. The molecule has 0 radical (unpaired) electrons. The smallest absolute Gasteiger partial charge is 0.261 e. The number of aliphatic hydroxyl groups is 1. The number of hydrogen-bond donors (Lipinski definition) is 2. The van der Waals surface area contributed by atoms with Crippen LogP contribution in [0.1, 0.15) is 66.3 Å². The van der Waals surface area contributed by atoms with Gasteiger partial charge in [0.05, 0.1) is 35.3 Å². The first-order valence-corrected chi connectivity index (χ1v) is 17.5. The van der Waals surface area contributed by atoms with E-state index in [1.165, 1.54) is 18.2 Å². The van der Waals surface area contributed by atoms with Gasteiger partial charge in [-0.3, -0.25) is 19.3 Å². The lowest BCUT2D eigenvalue weighted by atomic mass is 10.0. The monoisotopic (exact) mass is 666 g/mol. The summed E-state index contributed by atoms with van der Waals surface area (Å²) in [6, 6.07) is 13.9. The summed E-state index contributed by atoms with van der Waals surface area (Å²) in [5, 5.41) is 10.2. The van der Waals surface area contributed by atoms with Crippen molar-refractivity contribution in [1.29, 1.82) is 0 Å². The summed E-state index contributed by atoms with van der Waals surface area (Å²) < 4.78 is 41.6. The number of pyridine rings is 1. The molecule has 0 fully saturated rings. The van der Waals surface area contributed by atoms with Crippen molar-refractivity contribution < 1.29 is 32.6 Å². The van der Waals surface area contributed by atoms with E-state index in [1.54, 1.807) is 72.6 Å². The summed E-state index contributed by atoms with van der Waals surface area (Å²) in [5.74, 6) is -0.500. The third-order valence-electron chi connectivity index (χ3n) is 8.36. The van der Waals surface area contributed by atoms with Crippen molar-refractivity contribution >= 4 is 27.5 Å². The van der Waals surface area contributed by atoms with E-state index >= 15 is 0 Å². The second kappa shape index (κ2) is 16.2. The van der Waals surface area contributed by atoms with Crippen LogP contribution in [0.4, 0.5) is 5.69 Å². The number of ether oxygens (including phenoxy) is 2. The number of aromatic nitrogens is 1. The lowest BCUT2D eigenvalue weighted by molar-refractivity contribution is -0.0149. The van der Waals surface area contributed by atoms with Crippen LogP contribution in [0.5, 0.6) is 5.75 Å². The first-order chi connectivity index (χ1) is 22.4. The van der Waals surface area contributed by atoms with Crippen molar-refractivity contribution in [2.24, 2.45) is 5.92 Å². The normalized spacial score (nSPS) is 20.3. The molecule has 2 aromatic carbocycles. The number of nitrogens with one attached hydrogen (secondary N) is 1. The minimum absolute atomic E-state index is 0.0992. The maximum absolute atomic E-state index is 14.4. The molecular weight excluding hydrogens is 620 g/mol. The number of aryl methyl sites for hydroxylation is 1. The number of aliphatic hydroxyl groups excluding tert-OH is 1. The van der Waals surface area contributed by atoms with Crippen LogP contribution in [0.25, 0.3) is 0 Å². The van der Waals surface area contributed by atoms with E-state index < -0.39 is 28.1 Å². The third kappa shape index (κ3) is 9.52. The van der Waals surface area contributed by atoms with E-state index in [9.17, 15) is 23.1 Å². The largest absolute Gasteiger partial charge is 0.490 e. The number of hydrogen-bond acceptors (Lipinski definition) is 8. The van der Waals surface area contributed by atoms with Crippen molar-refractivity contribution in [3.8, 4) is 5.75 Å². The Hall–Kier alpha value is -4.00. The van der Waals surface area contributed by atoms with E-state index in [0.29, 0.717) is 30.9 Å². The molecule has 47 heavy (non-hydrogen) atoms. The highest BCUT2D eigenvalue weighted by molar-refractivity contribution is 7.92. The lowest BCUT2D eigenvalue weighted by Gasteiger charge is -2.36. The van der Waals surface area contributed by atoms with Gasteiger partial charge in [0.15, 0.2) is 0 Å². The van der Waals surface area contributed by atoms with Crippen molar-refractivity contribution in [3.63, 3.8) is 0 Å². The highest BCUT2D eigenvalue weighted by atomic mass is 32.2. The Kier molecular flexibility index (Phi) is 12.4. The van der Waals surface area contributed by atoms with Crippen molar-refractivity contribution in [2.45, 2.75) is 70.1 Å². The van der Waals surface area contributed by atoms with Crippen LogP contribution in [-0.2, 0) is 14.8 Å². The van der Waals surface area contributed by atoms with Crippen LogP contribution in [-0.4, -0.2) is 91.7 Å². The summed E-state index contributed by atoms with van der Waals surface area (Å²) in [6.45, 7) is 8.18. The fourth-order valence-corrected chi connectivity index (χ4v) is 6.50. The van der Waals surface area contributed by atoms with Gasteiger partial charge in [-0.2, -0.15) is 0 Å². The molecule has 1 aromatic heterocycles. The van der Waals surface area contributed by atoms with Gasteiger partial charge in [0.25, 0.3) is 21.8 Å². The Morgan fingerprint density at radius 2 is 1.81 bits per heavy atom. The van der Waals surface area contributed by atoms with Crippen molar-refractivity contribution in [2.75, 3.05) is 38.1 Å². The predicted octanol–water partition coefficient (Wildman–Crippen LogP) is 4.76. The van der Waals surface area contributed by atoms with E-state index in [0.717, 1.165) is 18.4 Å². The number of anilines is 1. The fraction of sp³-hybridized carbons (Fsp3) is 0.457. The molecule has 0 saturated heterocycles. The molecule has 3 aromatic rings. The molecule has 0 aliphatic carbocycles. The van der Waals surface area contributed by atoms with Crippen LogP contribution in [0.3, 0.4) is 0 Å². The average molecular weight is 667 g/mol.